The van der Waals surface area contributed by atoms with Crippen molar-refractivity contribution in [2.75, 3.05) is 14.2 Å². The highest BCUT2D eigenvalue weighted by Crippen LogP contribution is 2.37. The fourth-order valence-corrected chi connectivity index (χ4v) is 3.25. The van der Waals surface area contributed by atoms with Crippen LogP contribution in [0.25, 0.3) is 21.8 Å². The van der Waals surface area contributed by atoms with Crippen LogP contribution >= 0.6 is 0 Å². The number of aromatic nitrogens is 2. The van der Waals surface area contributed by atoms with E-state index in [1.54, 1.807) is 20.4 Å². The summed E-state index contributed by atoms with van der Waals surface area (Å²) in [6.07, 6.45) is 2.24. The second-order valence-corrected chi connectivity index (χ2v) is 5.75. The summed E-state index contributed by atoms with van der Waals surface area (Å²) in [5.41, 5.74) is 3.95. The Kier molecular flexibility index (Phi) is 3.34. The summed E-state index contributed by atoms with van der Waals surface area (Å²) < 4.78 is 11.0. The Morgan fingerprint density at radius 3 is 2.71 bits per heavy atom. The number of benzene rings is 2. The van der Waals surface area contributed by atoms with Gasteiger partial charge in [0.05, 0.1) is 25.1 Å². The Balaban J connectivity index is 1.80. The highest BCUT2D eigenvalue weighted by Gasteiger charge is 2.15. The monoisotopic (exact) mass is 322 g/mol. The predicted molar refractivity (Wildman–Crippen MR) is 94.2 cm³/mol. The Hall–Kier alpha value is -3.08. The second-order valence-electron chi connectivity index (χ2n) is 5.75. The molecule has 0 spiro atoms. The van der Waals surface area contributed by atoms with Crippen LogP contribution in [-0.4, -0.2) is 29.3 Å². The molecule has 2 aromatic carbocycles. The molecule has 0 saturated carbocycles. The number of aromatic amines is 2. The minimum absolute atomic E-state index is 0.196. The molecule has 0 atom stereocenters. The van der Waals surface area contributed by atoms with Gasteiger partial charge >= 0.3 is 0 Å². The lowest BCUT2D eigenvalue weighted by molar-refractivity contribution is 0.412. The average molecular weight is 322 g/mol. The molecule has 3 N–H and O–H groups in total. The molecule has 4 aromatic rings. The van der Waals surface area contributed by atoms with Gasteiger partial charge in [-0.25, -0.2) is 0 Å². The van der Waals surface area contributed by atoms with Gasteiger partial charge in [-0.3, -0.25) is 0 Å². The smallest absolute Gasteiger partial charge is 0.144 e. The van der Waals surface area contributed by atoms with E-state index in [2.05, 4.69) is 16.0 Å². The Labute approximate surface area is 138 Å². The van der Waals surface area contributed by atoms with Crippen LogP contribution in [0.1, 0.15) is 11.3 Å². The number of H-pyrrole nitrogens is 2. The zero-order valence-electron chi connectivity index (χ0n) is 13.5. The zero-order chi connectivity index (χ0) is 16.7. The molecular formula is C19H18N2O3. The van der Waals surface area contributed by atoms with Crippen LogP contribution in [0.5, 0.6) is 17.2 Å². The quantitative estimate of drug-likeness (QED) is 0.532. The first kappa shape index (κ1) is 14.5. The van der Waals surface area contributed by atoms with Crippen molar-refractivity contribution in [1.82, 2.24) is 9.97 Å². The zero-order valence-corrected chi connectivity index (χ0v) is 13.5. The van der Waals surface area contributed by atoms with Crippen LogP contribution in [0.4, 0.5) is 0 Å². The molecule has 0 fully saturated rings. The van der Waals surface area contributed by atoms with Gasteiger partial charge in [-0.2, -0.15) is 0 Å². The summed E-state index contributed by atoms with van der Waals surface area (Å²) in [5.74, 6) is 1.74. The van der Waals surface area contributed by atoms with Crippen molar-refractivity contribution >= 4 is 21.8 Å². The number of nitrogens with one attached hydrogen (secondary N) is 2. The third kappa shape index (κ3) is 2.17. The van der Waals surface area contributed by atoms with Gasteiger partial charge in [-0.05, 0) is 24.3 Å². The molecule has 0 aliphatic carbocycles. The van der Waals surface area contributed by atoms with Crippen molar-refractivity contribution in [3.63, 3.8) is 0 Å². The van der Waals surface area contributed by atoms with E-state index in [-0.39, 0.29) is 5.75 Å². The standard InChI is InChI=1S/C19H18N2O3/c1-23-17-5-3-4-14-13(17)9-12(21-14)8-11-6-7-15-18(19(11)24-2)16(22)10-20-15/h3-7,9-10,20-22H,8H2,1-2H3. The molecule has 5 heteroatoms. The van der Waals surface area contributed by atoms with Gasteiger partial charge < -0.3 is 24.5 Å². The molecule has 0 unspecified atom stereocenters. The molecule has 4 rings (SSSR count). The van der Waals surface area contributed by atoms with E-state index >= 15 is 0 Å². The average Bonchev–Trinajstić information content (AvgIpc) is 3.18. The number of fused-ring (bicyclic) bond motifs is 2. The lowest BCUT2D eigenvalue weighted by Crippen LogP contribution is -1.94. The van der Waals surface area contributed by atoms with Crippen LogP contribution in [0, 0.1) is 0 Å². The largest absolute Gasteiger partial charge is 0.506 e. The van der Waals surface area contributed by atoms with Crippen LogP contribution in [-0.2, 0) is 6.42 Å². The molecule has 24 heavy (non-hydrogen) atoms. The maximum atomic E-state index is 10.1. The van der Waals surface area contributed by atoms with E-state index in [0.29, 0.717) is 17.6 Å². The highest BCUT2D eigenvalue weighted by atomic mass is 16.5. The SMILES string of the molecule is COc1cccc2[nH]c(Cc3ccc4[nH]cc(O)c4c3OC)cc12. The van der Waals surface area contributed by atoms with E-state index < -0.39 is 0 Å². The van der Waals surface area contributed by atoms with Crippen molar-refractivity contribution in [2.45, 2.75) is 6.42 Å². The number of hydrogen-bond acceptors (Lipinski definition) is 3. The molecule has 0 aliphatic rings. The molecule has 2 heterocycles. The third-order valence-corrected chi connectivity index (χ3v) is 4.34. The Morgan fingerprint density at radius 2 is 1.92 bits per heavy atom. The topological polar surface area (TPSA) is 70.3 Å². The van der Waals surface area contributed by atoms with Crippen molar-refractivity contribution < 1.29 is 14.6 Å². The number of ether oxygens (including phenoxy) is 2. The van der Waals surface area contributed by atoms with Crippen molar-refractivity contribution in [3.8, 4) is 17.2 Å². The fourth-order valence-electron chi connectivity index (χ4n) is 3.25. The lowest BCUT2D eigenvalue weighted by atomic mass is 10.1. The Morgan fingerprint density at radius 1 is 1.04 bits per heavy atom. The second kappa shape index (κ2) is 5.53. The first-order chi connectivity index (χ1) is 11.7. The summed E-state index contributed by atoms with van der Waals surface area (Å²) in [6, 6.07) is 12.0. The van der Waals surface area contributed by atoms with Crippen molar-refractivity contribution in [1.29, 1.82) is 0 Å². The first-order valence-corrected chi connectivity index (χ1v) is 7.71. The van der Waals surface area contributed by atoms with E-state index in [1.165, 1.54) is 0 Å². The Bertz CT molecular complexity index is 1030. The summed E-state index contributed by atoms with van der Waals surface area (Å²) in [5, 5.41) is 11.8. The van der Waals surface area contributed by atoms with E-state index in [0.717, 1.165) is 33.4 Å². The van der Waals surface area contributed by atoms with Gasteiger partial charge in [0.1, 0.15) is 17.2 Å². The number of aromatic hydroxyl groups is 1. The predicted octanol–water partition coefficient (Wildman–Crippen LogP) is 3.96. The van der Waals surface area contributed by atoms with Gasteiger partial charge in [0.15, 0.2) is 0 Å². The van der Waals surface area contributed by atoms with E-state index in [9.17, 15) is 5.11 Å². The summed E-state index contributed by atoms with van der Waals surface area (Å²) in [6.45, 7) is 0. The van der Waals surface area contributed by atoms with Gasteiger partial charge in [0, 0.05) is 34.8 Å². The molecule has 122 valence electrons. The minimum atomic E-state index is 0.196. The van der Waals surface area contributed by atoms with Crippen LogP contribution in [0.3, 0.4) is 0 Å². The van der Waals surface area contributed by atoms with E-state index in [1.807, 2.05) is 30.3 Å². The maximum absolute atomic E-state index is 10.1. The van der Waals surface area contributed by atoms with Crippen LogP contribution in [0.15, 0.2) is 42.6 Å². The van der Waals surface area contributed by atoms with Crippen LogP contribution in [0.2, 0.25) is 0 Å². The molecular weight excluding hydrogens is 304 g/mol. The maximum Gasteiger partial charge on any atom is 0.144 e. The number of rotatable bonds is 4. The van der Waals surface area contributed by atoms with Crippen molar-refractivity contribution in [2.24, 2.45) is 0 Å². The normalized spacial score (nSPS) is 11.2. The third-order valence-electron chi connectivity index (χ3n) is 4.34. The number of hydrogen-bond donors (Lipinski definition) is 3. The molecule has 5 nitrogen and oxygen atoms in total. The molecule has 0 amide bonds. The number of methoxy groups -OCH3 is 2. The molecule has 0 saturated heterocycles. The summed E-state index contributed by atoms with van der Waals surface area (Å²) in [7, 11) is 3.30. The lowest BCUT2D eigenvalue weighted by Gasteiger charge is -2.09. The summed E-state index contributed by atoms with van der Waals surface area (Å²) >= 11 is 0. The van der Waals surface area contributed by atoms with Gasteiger partial charge in [0.2, 0.25) is 0 Å². The molecule has 2 aromatic heterocycles. The molecule has 0 aliphatic heterocycles. The van der Waals surface area contributed by atoms with Crippen LogP contribution < -0.4 is 9.47 Å². The van der Waals surface area contributed by atoms with Gasteiger partial charge in [0.25, 0.3) is 0 Å². The first-order valence-electron chi connectivity index (χ1n) is 7.71. The van der Waals surface area contributed by atoms with Crippen molar-refractivity contribution in [3.05, 3.63) is 53.9 Å². The molecule has 0 bridgehead atoms. The minimum Gasteiger partial charge on any atom is -0.506 e. The molecule has 0 radical (unpaired) electrons. The van der Waals surface area contributed by atoms with Gasteiger partial charge in [-0.1, -0.05) is 12.1 Å². The fraction of sp³-hybridized carbons (Fsp3) is 0.158. The highest BCUT2D eigenvalue weighted by molar-refractivity contribution is 5.93. The summed E-state index contributed by atoms with van der Waals surface area (Å²) in [4.78, 5) is 6.46. The van der Waals surface area contributed by atoms with E-state index in [4.69, 9.17) is 9.47 Å². The van der Waals surface area contributed by atoms with Gasteiger partial charge in [-0.15, -0.1) is 0 Å².